The first-order chi connectivity index (χ1) is 10.5. The molecule has 1 saturated heterocycles. The highest BCUT2D eigenvalue weighted by atomic mass is 35.5. The molecule has 0 radical (unpaired) electrons. The zero-order chi connectivity index (χ0) is 15.9. The van der Waals surface area contributed by atoms with Gasteiger partial charge in [-0.3, -0.25) is 4.90 Å². The zero-order valence-corrected chi connectivity index (χ0v) is 13.6. The fraction of sp³-hybridized carbons (Fsp3) is 0.625. The normalized spacial score (nSPS) is 17.9. The standard InChI is InChI=1S/C16H23ClFNO3/c1-19(9-12-2-3-13(18)8-16(12)17)10-14(20)11-22-15-4-6-21-7-5-15/h2-3,8,14-15,20H,4-7,9-11H2,1H3. The Hall–Kier alpha value is -0.720. The molecule has 2 rings (SSSR count). The maximum atomic E-state index is 13.0. The summed E-state index contributed by atoms with van der Waals surface area (Å²) in [6, 6.07) is 4.36. The summed E-state index contributed by atoms with van der Waals surface area (Å²) >= 11 is 6.01. The molecule has 124 valence electrons. The van der Waals surface area contributed by atoms with Gasteiger partial charge in [0.05, 0.1) is 18.8 Å². The molecule has 1 N–H and O–H groups in total. The average molecular weight is 332 g/mol. The van der Waals surface area contributed by atoms with Crippen LogP contribution in [0.3, 0.4) is 0 Å². The van der Waals surface area contributed by atoms with Gasteiger partial charge in [-0.2, -0.15) is 0 Å². The minimum atomic E-state index is -0.563. The van der Waals surface area contributed by atoms with Crippen molar-refractivity contribution in [3.05, 3.63) is 34.6 Å². The van der Waals surface area contributed by atoms with Crippen LogP contribution in [0.5, 0.6) is 0 Å². The van der Waals surface area contributed by atoms with Crippen LogP contribution in [-0.4, -0.2) is 55.6 Å². The van der Waals surface area contributed by atoms with Crippen molar-refractivity contribution in [2.45, 2.75) is 31.6 Å². The second-order valence-corrected chi connectivity index (χ2v) is 6.14. The zero-order valence-electron chi connectivity index (χ0n) is 12.8. The van der Waals surface area contributed by atoms with E-state index in [9.17, 15) is 9.50 Å². The fourth-order valence-corrected chi connectivity index (χ4v) is 2.73. The highest BCUT2D eigenvalue weighted by Gasteiger charge is 2.17. The van der Waals surface area contributed by atoms with Gasteiger partial charge in [0.1, 0.15) is 5.82 Å². The van der Waals surface area contributed by atoms with E-state index in [1.807, 2.05) is 11.9 Å². The van der Waals surface area contributed by atoms with E-state index in [4.69, 9.17) is 21.1 Å². The Morgan fingerprint density at radius 3 is 2.86 bits per heavy atom. The van der Waals surface area contributed by atoms with Crippen molar-refractivity contribution in [1.82, 2.24) is 4.90 Å². The van der Waals surface area contributed by atoms with Crippen LogP contribution in [0.2, 0.25) is 5.02 Å². The van der Waals surface area contributed by atoms with Gasteiger partial charge >= 0.3 is 0 Å². The van der Waals surface area contributed by atoms with Crippen LogP contribution in [0.4, 0.5) is 4.39 Å². The Balaban J connectivity index is 1.72. The van der Waals surface area contributed by atoms with E-state index in [2.05, 4.69) is 0 Å². The SMILES string of the molecule is CN(Cc1ccc(F)cc1Cl)CC(O)COC1CCOCC1. The Kier molecular flexibility index (Phi) is 7.05. The van der Waals surface area contributed by atoms with Crippen molar-refractivity contribution in [1.29, 1.82) is 0 Å². The number of hydrogen-bond acceptors (Lipinski definition) is 4. The minimum absolute atomic E-state index is 0.181. The van der Waals surface area contributed by atoms with Gasteiger partial charge in [-0.25, -0.2) is 4.39 Å². The summed E-state index contributed by atoms with van der Waals surface area (Å²) in [6.45, 7) is 2.78. The molecule has 0 aromatic heterocycles. The third-order valence-electron chi connectivity index (χ3n) is 3.67. The van der Waals surface area contributed by atoms with Crippen molar-refractivity contribution in [2.75, 3.05) is 33.4 Å². The molecule has 1 aliphatic heterocycles. The van der Waals surface area contributed by atoms with Gasteiger partial charge in [-0.15, -0.1) is 0 Å². The second-order valence-electron chi connectivity index (χ2n) is 5.73. The van der Waals surface area contributed by atoms with Crippen molar-refractivity contribution in [2.24, 2.45) is 0 Å². The molecule has 0 aliphatic carbocycles. The predicted octanol–water partition coefficient (Wildman–Crippen LogP) is 2.47. The van der Waals surface area contributed by atoms with E-state index in [-0.39, 0.29) is 11.9 Å². The molecular weight excluding hydrogens is 309 g/mol. The van der Waals surface area contributed by atoms with Crippen LogP contribution in [0, 0.1) is 5.82 Å². The van der Waals surface area contributed by atoms with Crippen molar-refractivity contribution in [3.8, 4) is 0 Å². The minimum Gasteiger partial charge on any atom is -0.389 e. The molecule has 22 heavy (non-hydrogen) atoms. The fourth-order valence-electron chi connectivity index (χ4n) is 2.51. The van der Waals surface area contributed by atoms with E-state index < -0.39 is 6.10 Å². The number of halogens is 2. The first kappa shape index (κ1) is 17.6. The number of aliphatic hydroxyl groups excluding tert-OH is 1. The Labute approximate surface area is 135 Å². The maximum absolute atomic E-state index is 13.0. The van der Waals surface area contributed by atoms with Gasteiger partial charge in [0.25, 0.3) is 0 Å². The van der Waals surface area contributed by atoms with Crippen LogP contribution in [0.1, 0.15) is 18.4 Å². The Morgan fingerprint density at radius 1 is 1.45 bits per heavy atom. The number of benzene rings is 1. The molecule has 1 aromatic carbocycles. The molecule has 1 heterocycles. The number of ether oxygens (including phenoxy) is 2. The maximum Gasteiger partial charge on any atom is 0.124 e. The number of rotatable bonds is 7. The lowest BCUT2D eigenvalue weighted by Crippen LogP contribution is -2.34. The van der Waals surface area contributed by atoms with E-state index in [0.29, 0.717) is 24.7 Å². The first-order valence-corrected chi connectivity index (χ1v) is 7.92. The highest BCUT2D eigenvalue weighted by molar-refractivity contribution is 6.31. The topological polar surface area (TPSA) is 41.9 Å². The summed E-state index contributed by atoms with van der Waals surface area (Å²) in [5, 5.41) is 10.5. The molecule has 1 unspecified atom stereocenters. The monoisotopic (exact) mass is 331 g/mol. The third-order valence-corrected chi connectivity index (χ3v) is 4.02. The number of hydrogen-bond donors (Lipinski definition) is 1. The first-order valence-electron chi connectivity index (χ1n) is 7.54. The molecule has 0 spiro atoms. The second kappa shape index (κ2) is 8.79. The molecule has 0 saturated carbocycles. The molecule has 1 aromatic rings. The summed E-state index contributed by atoms with van der Waals surface area (Å²) in [5.74, 6) is -0.346. The number of nitrogens with zero attached hydrogens (tertiary/aromatic N) is 1. The van der Waals surface area contributed by atoms with Crippen LogP contribution in [-0.2, 0) is 16.0 Å². The van der Waals surface area contributed by atoms with Crippen molar-refractivity contribution in [3.63, 3.8) is 0 Å². The van der Waals surface area contributed by atoms with Crippen LogP contribution >= 0.6 is 11.6 Å². The van der Waals surface area contributed by atoms with Crippen molar-refractivity contribution < 1.29 is 19.0 Å². The van der Waals surface area contributed by atoms with Crippen LogP contribution in [0.15, 0.2) is 18.2 Å². The lowest BCUT2D eigenvalue weighted by molar-refractivity contribution is -0.0634. The van der Waals surface area contributed by atoms with Crippen LogP contribution < -0.4 is 0 Å². The van der Waals surface area contributed by atoms with Gasteiger partial charge in [-0.1, -0.05) is 17.7 Å². The smallest absolute Gasteiger partial charge is 0.124 e. The summed E-state index contributed by atoms with van der Waals surface area (Å²) in [7, 11) is 1.89. The summed E-state index contributed by atoms with van der Waals surface area (Å²) in [4.78, 5) is 1.94. The predicted molar refractivity (Wildman–Crippen MR) is 83.5 cm³/mol. The molecule has 0 bridgehead atoms. The molecule has 4 nitrogen and oxygen atoms in total. The quantitative estimate of drug-likeness (QED) is 0.833. The lowest BCUT2D eigenvalue weighted by Gasteiger charge is -2.25. The summed E-state index contributed by atoms with van der Waals surface area (Å²) in [5.41, 5.74) is 0.836. The van der Waals surface area contributed by atoms with Gasteiger partial charge in [0.2, 0.25) is 0 Å². The van der Waals surface area contributed by atoms with Gasteiger partial charge in [-0.05, 0) is 37.6 Å². The molecule has 0 amide bonds. The van der Waals surface area contributed by atoms with Crippen molar-refractivity contribution >= 4 is 11.6 Å². The average Bonchev–Trinajstić information content (AvgIpc) is 2.49. The lowest BCUT2D eigenvalue weighted by atomic mass is 10.1. The summed E-state index contributed by atoms with van der Waals surface area (Å²) < 4.78 is 24.0. The van der Waals surface area contributed by atoms with Gasteiger partial charge in [0.15, 0.2) is 0 Å². The third kappa shape index (κ3) is 5.82. The Morgan fingerprint density at radius 2 is 2.18 bits per heavy atom. The van der Waals surface area contributed by atoms with E-state index >= 15 is 0 Å². The molecule has 1 aliphatic rings. The van der Waals surface area contributed by atoms with E-state index in [1.165, 1.54) is 12.1 Å². The number of likely N-dealkylation sites (N-methyl/N-ethyl adjacent to an activating group) is 1. The summed E-state index contributed by atoms with van der Waals surface area (Å²) in [6.07, 6.45) is 1.38. The molecule has 1 fully saturated rings. The highest BCUT2D eigenvalue weighted by Crippen LogP contribution is 2.18. The molecule has 6 heteroatoms. The molecule has 1 atom stereocenters. The molecular formula is C16H23ClFNO3. The number of aliphatic hydroxyl groups is 1. The Bertz CT molecular complexity index is 469. The largest absolute Gasteiger partial charge is 0.389 e. The van der Waals surface area contributed by atoms with E-state index in [0.717, 1.165) is 31.6 Å². The van der Waals surface area contributed by atoms with Gasteiger partial charge in [0, 0.05) is 31.3 Å². The van der Waals surface area contributed by atoms with E-state index in [1.54, 1.807) is 6.07 Å². The van der Waals surface area contributed by atoms with Crippen LogP contribution in [0.25, 0.3) is 0 Å². The van der Waals surface area contributed by atoms with Gasteiger partial charge < -0.3 is 14.6 Å².